The van der Waals surface area contributed by atoms with Crippen LogP contribution in [0.1, 0.15) is 47.8 Å². The van der Waals surface area contributed by atoms with E-state index in [1.54, 1.807) is 0 Å². The lowest BCUT2D eigenvalue weighted by Gasteiger charge is -2.09. The van der Waals surface area contributed by atoms with Crippen LogP contribution in [0, 0.1) is 5.82 Å². The van der Waals surface area contributed by atoms with Crippen LogP contribution < -0.4 is 0 Å². The molecule has 4 rings (SSSR count). The average Bonchev–Trinajstić information content (AvgIpc) is 2.82. The van der Waals surface area contributed by atoms with Crippen molar-refractivity contribution in [2.45, 2.75) is 51.9 Å². The summed E-state index contributed by atoms with van der Waals surface area (Å²) in [5.74, 6) is 0.739. The first kappa shape index (κ1) is 22.4. The van der Waals surface area contributed by atoms with Crippen LogP contribution >= 0.6 is 11.6 Å². The van der Waals surface area contributed by atoms with E-state index in [9.17, 15) is 0 Å². The maximum Gasteiger partial charge on any atom is 0.134 e. The van der Waals surface area contributed by atoms with Crippen LogP contribution in [-0.2, 0) is 32.1 Å². The van der Waals surface area contributed by atoms with Crippen molar-refractivity contribution in [3.8, 4) is 0 Å². The van der Waals surface area contributed by atoms with Gasteiger partial charge in [-0.2, -0.15) is 0 Å². The summed E-state index contributed by atoms with van der Waals surface area (Å²) in [4.78, 5) is 9.01. The van der Waals surface area contributed by atoms with E-state index in [1.807, 2.05) is 60.9 Å². The van der Waals surface area contributed by atoms with Crippen molar-refractivity contribution in [1.29, 1.82) is 0 Å². The highest BCUT2D eigenvalue weighted by atomic mass is 35.5. The summed E-state index contributed by atoms with van der Waals surface area (Å²) in [5, 5.41) is 2.34. The lowest BCUT2D eigenvalue weighted by atomic mass is 9.98. The van der Waals surface area contributed by atoms with Gasteiger partial charge in [0, 0.05) is 29.2 Å². The largest absolute Gasteiger partial charge is 0.241 e. The highest BCUT2D eigenvalue weighted by Crippen LogP contribution is 2.24. The topological polar surface area (TPSA) is 25.8 Å². The van der Waals surface area contributed by atoms with Gasteiger partial charge >= 0.3 is 0 Å². The van der Waals surface area contributed by atoms with Crippen LogP contribution in [0.15, 0.2) is 67.0 Å². The quantitative estimate of drug-likeness (QED) is 0.269. The molecule has 0 atom stereocenters. The summed E-state index contributed by atoms with van der Waals surface area (Å²) < 4.78 is 15.1. The van der Waals surface area contributed by atoms with E-state index in [4.69, 9.17) is 11.6 Å². The first-order valence-electron chi connectivity index (χ1n) is 11.4. The number of rotatable bonds is 9. The first-order chi connectivity index (χ1) is 15.6. The molecule has 0 unspecified atom stereocenters. The minimum atomic E-state index is -0.117. The minimum absolute atomic E-state index is 0.117. The maximum absolute atomic E-state index is 15.1. The van der Waals surface area contributed by atoms with Crippen LogP contribution in [-0.4, -0.2) is 9.97 Å². The van der Waals surface area contributed by atoms with Crippen LogP contribution in [0.25, 0.3) is 10.8 Å². The zero-order valence-corrected chi connectivity index (χ0v) is 19.2. The first-order valence-corrected chi connectivity index (χ1v) is 11.7. The molecule has 2 nitrogen and oxygen atoms in total. The third kappa shape index (κ3) is 5.72. The summed E-state index contributed by atoms with van der Waals surface area (Å²) in [7, 11) is 0. The average molecular weight is 447 g/mol. The van der Waals surface area contributed by atoms with Gasteiger partial charge in [0.25, 0.3) is 0 Å². The zero-order valence-electron chi connectivity index (χ0n) is 18.5. The monoisotopic (exact) mass is 446 g/mol. The van der Waals surface area contributed by atoms with Gasteiger partial charge in [-0.15, -0.1) is 0 Å². The molecule has 0 bridgehead atoms. The molecule has 0 saturated heterocycles. The van der Waals surface area contributed by atoms with Gasteiger partial charge < -0.3 is 0 Å². The number of aromatic nitrogens is 2. The van der Waals surface area contributed by atoms with Gasteiger partial charge in [-0.1, -0.05) is 67.4 Å². The molecule has 0 saturated carbocycles. The second kappa shape index (κ2) is 10.7. The van der Waals surface area contributed by atoms with Gasteiger partial charge in [0.1, 0.15) is 11.6 Å². The van der Waals surface area contributed by atoms with Crippen molar-refractivity contribution in [3.05, 3.63) is 106 Å². The Kier molecular flexibility index (Phi) is 7.49. The number of nitrogens with zero attached hydrogens (tertiary/aromatic N) is 2. The lowest BCUT2D eigenvalue weighted by Crippen LogP contribution is -2.00. The fraction of sp³-hybridized carbons (Fsp3) is 0.286. The van der Waals surface area contributed by atoms with E-state index in [0.717, 1.165) is 53.0 Å². The third-order valence-corrected chi connectivity index (χ3v) is 6.16. The summed E-state index contributed by atoms with van der Waals surface area (Å²) in [5.41, 5.74) is 4.27. The van der Waals surface area contributed by atoms with Crippen LogP contribution in [0.5, 0.6) is 0 Å². The fourth-order valence-corrected chi connectivity index (χ4v) is 4.07. The van der Waals surface area contributed by atoms with Crippen molar-refractivity contribution >= 4 is 22.4 Å². The van der Waals surface area contributed by atoms with Crippen molar-refractivity contribution in [3.63, 3.8) is 0 Å². The molecule has 3 aromatic carbocycles. The van der Waals surface area contributed by atoms with E-state index >= 15 is 4.39 Å². The Bertz CT molecular complexity index is 1170. The predicted octanol–water partition coefficient (Wildman–Crippen LogP) is 7.34. The van der Waals surface area contributed by atoms with Crippen LogP contribution in [0.3, 0.4) is 0 Å². The molecule has 0 aliphatic rings. The summed E-state index contributed by atoms with van der Waals surface area (Å²) >= 11 is 5.95. The van der Waals surface area contributed by atoms with Crippen LogP contribution in [0.4, 0.5) is 4.39 Å². The molecule has 32 heavy (non-hydrogen) atoms. The number of unbranched alkanes of at least 4 members (excludes halogenated alkanes) is 1. The molecule has 0 fully saturated rings. The van der Waals surface area contributed by atoms with Gasteiger partial charge in [-0.3, -0.25) is 0 Å². The normalized spacial score (nSPS) is 11.2. The summed E-state index contributed by atoms with van der Waals surface area (Å²) in [6.07, 6.45) is 10.3. The van der Waals surface area contributed by atoms with Crippen molar-refractivity contribution < 1.29 is 4.39 Å². The smallest absolute Gasteiger partial charge is 0.134 e. The molecule has 4 heteroatoms. The van der Waals surface area contributed by atoms with Crippen molar-refractivity contribution in [1.82, 2.24) is 9.97 Å². The van der Waals surface area contributed by atoms with E-state index in [1.165, 1.54) is 24.0 Å². The Morgan fingerprint density at radius 2 is 1.47 bits per heavy atom. The SMILES string of the molecule is CCCCc1cnc(CCc2ccc3c(F)c(CCc4ccc(Cl)cc4)ccc3c2)nc1. The van der Waals surface area contributed by atoms with Gasteiger partial charge in [0.2, 0.25) is 0 Å². The molecule has 0 N–H and O–H groups in total. The summed E-state index contributed by atoms with van der Waals surface area (Å²) in [6.45, 7) is 2.19. The molecule has 0 radical (unpaired) electrons. The van der Waals surface area contributed by atoms with E-state index in [0.29, 0.717) is 11.8 Å². The Morgan fingerprint density at radius 3 is 2.22 bits per heavy atom. The maximum atomic E-state index is 15.1. The van der Waals surface area contributed by atoms with Gasteiger partial charge in [0.15, 0.2) is 0 Å². The number of aryl methyl sites for hydroxylation is 5. The van der Waals surface area contributed by atoms with Crippen molar-refractivity contribution in [2.24, 2.45) is 0 Å². The predicted molar refractivity (Wildman–Crippen MR) is 131 cm³/mol. The van der Waals surface area contributed by atoms with Gasteiger partial charge in [-0.05, 0) is 71.9 Å². The molecular weight excluding hydrogens is 419 g/mol. The number of hydrogen-bond donors (Lipinski definition) is 0. The molecule has 164 valence electrons. The number of fused-ring (bicyclic) bond motifs is 1. The number of hydrogen-bond acceptors (Lipinski definition) is 2. The molecule has 1 heterocycles. The van der Waals surface area contributed by atoms with E-state index in [-0.39, 0.29) is 5.82 Å². The minimum Gasteiger partial charge on any atom is -0.241 e. The molecule has 0 aliphatic carbocycles. The highest BCUT2D eigenvalue weighted by molar-refractivity contribution is 6.30. The lowest BCUT2D eigenvalue weighted by molar-refractivity contribution is 0.620. The van der Waals surface area contributed by atoms with Gasteiger partial charge in [-0.25, -0.2) is 14.4 Å². The van der Waals surface area contributed by atoms with E-state index in [2.05, 4.69) is 23.0 Å². The molecule has 0 aliphatic heterocycles. The van der Waals surface area contributed by atoms with E-state index < -0.39 is 0 Å². The number of benzene rings is 3. The fourth-order valence-electron chi connectivity index (χ4n) is 3.94. The third-order valence-electron chi connectivity index (χ3n) is 5.91. The second-order valence-electron chi connectivity index (χ2n) is 8.33. The summed E-state index contributed by atoms with van der Waals surface area (Å²) in [6, 6.07) is 17.7. The molecule has 0 spiro atoms. The Balaban J connectivity index is 1.40. The number of halogens is 2. The van der Waals surface area contributed by atoms with Gasteiger partial charge in [0.05, 0.1) is 0 Å². The second-order valence-corrected chi connectivity index (χ2v) is 8.77. The highest BCUT2D eigenvalue weighted by Gasteiger charge is 2.09. The Hall–Kier alpha value is -2.78. The van der Waals surface area contributed by atoms with Crippen molar-refractivity contribution in [2.75, 3.05) is 0 Å². The molecule has 1 aromatic heterocycles. The zero-order chi connectivity index (χ0) is 22.3. The Morgan fingerprint density at radius 1 is 0.750 bits per heavy atom. The standard InChI is InChI=1S/C28H28ClFN2/c1-2-3-4-22-18-31-27(32-19-22)16-9-21-8-15-26-24(17-21)12-11-23(28(26)30)10-5-20-6-13-25(29)14-7-20/h6-8,11-15,17-19H,2-5,9-10,16H2,1H3. The molecule has 4 aromatic rings. The van der Waals surface area contributed by atoms with Crippen LogP contribution in [0.2, 0.25) is 5.02 Å². The molecular formula is C28H28ClFN2. The molecule has 0 amide bonds. The Labute approximate surface area is 194 Å².